The molecule has 1 aliphatic heterocycles. The van der Waals surface area contributed by atoms with Crippen LogP contribution >= 0.6 is 0 Å². The molecule has 1 saturated heterocycles. The van der Waals surface area contributed by atoms with Crippen molar-refractivity contribution in [2.24, 2.45) is 0 Å². The summed E-state index contributed by atoms with van der Waals surface area (Å²) >= 11 is 0. The third-order valence-corrected chi connectivity index (χ3v) is 3.73. The monoisotopic (exact) mass is 316 g/mol. The van der Waals surface area contributed by atoms with E-state index < -0.39 is 4.92 Å². The van der Waals surface area contributed by atoms with Gasteiger partial charge in [0.25, 0.3) is 11.6 Å². The summed E-state index contributed by atoms with van der Waals surface area (Å²) < 4.78 is 1.30. The molecule has 9 nitrogen and oxygen atoms in total. The number of hydrogen-bond acceptors (Lipinski definition) is 6. The van der Waals surface area contributed by atoms with Crippen LogP contribution in [0.2, 0.25) is 0 Å². The van der Waals surface area contributed by atoms with Gasteiger partial charge in [0, 0.05) is 24.2 Å². The molecule has 1 fully saturated rings. The number of piperidine rings is 1. The predicted octanol–water partition coefficient (Wildman–Crippen LogP) is 0.657. The van der Waals surface area contributed by atoms with Crippen LogP contribution in [0.25, 0.3) is 5.69 Å². The summed E-state index contributed by atoms with van der Waals surface area (Å²) in [5.74, 6) is -0.313. The third kappa shape index (κ3) is 3.34. The molecular formula is C14H16N6O3. The predicted molar refractivity (Wildman–Crippen MR) is 81.4 cm³/mol. The van der Waals surface area contributed by atoms with Gasteiger partial charge >= 0.3 is 0 Å². The highest BCUT2D eigenvalue weighted by atomic mass is 16.6. The highest BCUT2D eigenvalue weighted by Crippen LogP contribution is 2.23. The molecule has 1 atom stereocenters. The van der Waals surface area contributed by atoms with Gasteiger partial charge in [0.1, 0.15) is 18.3 Å². The van der Waals surface area contributed by atoms with Crippen LogP contribution in [-0.2, 0) is 0 Å². The minimum atomic E-state index is -0.532. The molecule has 0 aliphatic carbocycles. The molecule has 1 unspecified atom stereocenters. The fourth-order valence-corrected chi connectivity index (χ4v) is 2.58. The summed E-state index contributed by atoms with van der Waals surface area (Å²) in [5.41, 5.74) is 0.333. The number of nitro benzene ring substituents is 1. The molecule has 3 rings (SSSR count). The van der Waals surface area contributed by atoms with Crippen LogP contribution < -0.4 is 10.6 Å². The van der Waals surface area contributed by atoms with Crippen LogP contribution in [0.5, 0.6) is 0 Å². The molecule has 0 radical (unpaired) electrons. The molecule has 120 valence electrons. The van der Waals surface area contributed by atoms with Gasteiger partial charge in [-0.2, -0.15) is 5.10 Å². The van der Waals surface area contributed by atoms with Gasteiger partial charge in [-0.1, -0.05) is 0 Å². The van der Waals surface area contributed by atoms with E-state index in [0.29, 0.717) is 6.54 Å². The Morgan fingerprint density at radius 3 is 3.00 bits per heavy atom. The fourth-order valence-electron chi connectivity index (χ4n) is 2.58. The topological polar surface area (TPSA) is 115 Å². The number of nitrogens with one attached hydrogen (secondary N) is 2. The summed E-state index contributed by atoms with van der Waals surface area (Å²) in [6.07, 6.45) is 4.56. The second kappa shape index (κ2) is 6.53. The lowest BCUT2D eigenvalue weighted by Gasteiger charge is -2.23. The zero-order chi connectivity index (χ0) is 16.2. The van der Waals surface area contributed by atoms with Gasteiger partial charge in [-0.25, -0.2) is 9.67 Å². The van der Waals surface area contributed by atoms with Crippen molar-refractivity contribution in [2.45, 2.75) is 18.9 Å². The first kappa shape index (κ1) is 15.1. The van der Waals surface area contributed by atoms with E-state index in [-0.39, 0.29) is 28.9 Å². The van der Waals surface area contributed by atoms with Gasteiger partial charge in [0.15, 0.2) is 0 Å². The van der Waals surface area contributed by atoms with Crippen molar-refractivity contribution in [2.75, 3.05) is 13.1 Å². The molecule has 0 bridgehead atoms. The van der Waals surface area contributed by atoms with E-state index in [1.54, 1.807) is 6.07 Å². The molecule has 2 heterocycles. The van der Waals surface area contributed by atoms with Gasteiger partial charge in [0.05, 0.1) is 4.92 Å². The third-order valence-electron chi connectivity index (χ3n) is 3.73. The Kier molecular flexibility index (Phi) is 4.29. The Labute approximate surface area is 131 Å². The second-order valence-corrected chi connectivity index (χ2v) is 5.32. The van der Waals surface area contributed by atoms with Crippen LogP contribution in [0.3, 0.4) is 0 Å². The lowest BCUT2D eigenvalue weighted by atomic mass is 10.1. The average Bonchev–Trinajstić information content (AvgIpc) is 3.09. The average molecular weight is 316 g/mol. The maximum atomic E-state index is 12.3. The highest BCUT2D eigenvalue weighted by Gasteiger charge is 2.21. The molecule has 1 amide bonds. The maximum absolute atomic E-state index is 12.3. The Morgan fingerprint density at radius 2 is 2.35 bits per heavy atom. The van der Waals surface area contributed by atoms with E-state index in [2.05, 4.69) is 20.7 Å². The highest BCUT2D eigenvalue weighted by molar-refractivity contribution is 5.95. The van der Waals surface area contributed by atoms with Gasteiger partial charge in [-0.3, -0.25) is 14.9 Å². The standard InChI is InChI=1S/C14H16N6O3/c21-14(18-11-2-1-5-15-7-11)10-3-4-12(13(6-10)20(22)23)19-9-16-8-17-19/h3-4,6,8-9,11,15H,1-2,5,7H2,(H,18,21). The summed E-state index contributed by atoms with van der Waals surface area (Å²) in [4.78, 5) is 26.8. The van der Waals surface area contributed by atoms with Crippen molar-refractivity contribution in [3.63, 3.8) is 0 Å². The van der Waals surface area contributed by atoms with Gasteiger partial charge < -0.3 is 10.6 Å². The lowest BCUT2D eigenvalue weighted by Crippen LogP contribution is -2.45. The summed E-state index contributed by atoms with van der Waals surface area (Å²) in [6.45, 7) is 1.66. The first-order chi connectivity index (χ1) is 11.1. The van der Waals surface area contributed by atoms with E-state index >= 15 is 0 Å². The summed E-state index contributed by atoms with van der Waals surface area (Å²) in [6, 6.07) is 4.37. The molecule has 0 spiro atoms. The van der Waals surface area contributed by atoms with Crippen LogP contribution in [0, 0.1) is 10.1 Å². The zero-order valence-electron chi connectivity index (χ0n) is 12.3. The van der Waals surface area contributed by atoms with Crippen molar-refractivity contribution < 1.29 is 9.72 Å². The molecule has 9 heteroatoms. The van der Waals surface area contributed by atoms with Gasteiger partial charge in [-0.05, 0) is 31.5 Å². The van der Waals surface area contributed by atoms with E-state index in [1.165, 1.54) is 29.5 Å². The Balaban J connectivity index is 1.84. The number of benzene rings is 1. The smallest absolute Gasteiger partial charge is 0.295 e. The van der Waals surface area contributed by atoms with Crippen molar-refractivity contribution in [1.82, 2.24) is 25.4 Å². The van der Waals surface area contributed by atoms with Gasteiger partial charge in [-0.15, -0.1) is 0 Å². The number of carbonyl (C=O) groups excluding carboxylic acids is 1. The molecule has 1 aliphatic rings. The van der Waals surface area contributed by atoms with Crippen LogP contribution in [0.1, 0.15) is 23.2 Å². The first-order valence-electron chi connectivity index (χ1n) is 7.30. The molecule has 0 saturated carbocycles. The molecule has 23 heavy (non-hydrogen) atoms. The minimum Gasteiger partial charge on any atom is -0.348 e. The Morgan fingerprint density at radius 1 is 1.48 bits per heavy atom. The van der Waals surface area contributed by atoms with Crippen molar-refractivity contribution in [1.29, 1.82) is 0 Å². The van der Waals surface area contributed by atoms with Crippen molar-refractivity contribution >= 4 is 11.6 Å². The largest absolute Gasteiger partial charge is 0.348 e. The SMILES string of the molecule is O=C(NC1CCCNC1)c1ccc(-n2cncn2)c([N+](=O)[O-])c1. The van der Waals surface area contributed by atoms with Crippen molar-refractivity contribution in [3.05, 3.63) is 46.5 Å². The van der Waals surface area contributed by atoms with E-state index in [1.807, 2.05) is 0 Å². The van der Waals surface area contributed by atoms with E-state index in [9.17, 15) is 14.9 Å². The Bertz CT molecular complexity index is 709. The van der Waals surface area contributed by atoms with Crippen molar-refractivity contribution in [3.8, 4) is 5.69 Å². The molecule has 1 aromatic heterocycles. The van der Waals surface area contributed by atoms with Crippen LogP contribution in [0.4, 0.5) is 5.69 Å². The normalized spacial score (nSPS) is 17.7. The number of nitro groups is 1. The number of hydrogen-bond donors (Lipinski definition) is 2. The fraction of sp³-hybridized carbons (Fsp3) is 0.357. The number of rotatable bonds is 4. The van der Waals surface area contributed by atoms with E-state index in [4.69, 9.17) is 0 Å². The maximum Gasteiger partial charge on any atom is 0.295 e. The first-order valence-corrected chi connectivity index (χ1v) is 7.30. The van der Waals surface area contributed by atoms with Crippen LogP contribution in [0.15, 0.2) is 30.9 Å². The zero-order valence-corrected chi connectivity index (χ0v) is 12.3. The molecule has 2 aromatic rings. The van der Waals surface area contributed by atoms with E-state index in [0.717, 1.165) is 19.4 Å². The number of nitrogens with zero attached hydrogens (tertiary/aromatic N) is 4. The second-order valence-electron chi connectivity index (χ2n) is 5.32. The van der Waals surface area contributed by atoms with Gasteiger partial charge in [0.2, 0.25) is 0 Å². The number of amides is 1. The molecule has 2 N–H and O–H groups in total. The molecular weight excluding hydrogens is 300 g/mol. The van der Waals surface area contributed by atoms with Crippen LogP contribution in [-0.4, -0.2) is 44.7 Å². The molecule has 1 aromatic carbocycles. The lowest BCUT2D eigenvalue weighted by molar-refractivity contribution is -0.384. The summed E-state index contributed by atoms with van der Waals surface area (Å²) in [5, 5.41) is 21.3. The number of carbonyl (C=O) groups is 1. The Hall–Kier alpha value is -2.81. The number of aromatic nitrogens is 3. The minimum absolute atomic E-state index is 0.0466. The quantitative estimate of drug-likeness (QED) is 0.632. The summed E-state index contributed by atoms with van der Waals surface area (Å²) in [7, 11) is 0.